The molecule has 2 rings (SSSR count). The molecule has 0 saturated carbocycles. The average molecular weight is 262 g/mol. The number of hydrogen-bond donors (Lipinski definition) is 1. The fourth-order valence-corrected chi connectivity index (χ4v) is 2.47. The van der Waals surface area contributed by atoms with Crippen LogP contribution in [-0.4, -0.2) is 47.7 Å². The Balaban J connectivity index is 2.05. The highest BCUT2D eigenvalue weighted by Crippen LogP contribution is 2.21. The molecule has 0 unspecified atom stereocenters. The number of anilines is 1. The van der Waals surface area contributed by atoms with Gasteiger partial charge in [0.05, 0.1) is 5.56 Å². The second kappa shape index (κ2) is 5.21. The molecule has 0 atom stereocenters. The first-order valence-corrected chi connectivity index (χ1v) is 6.71. The molecule has 104 valence electrons. The number of rotatable bonds is 2. The third-order valence-corrected chi connectivity index (χ3v) is 3.69. The first kappa shape index (κ1) is 13.9. The molecule has 4 heteroatoms. The van der Waals surface area contributed by atoms with Gasteiger partial charge in [-0.1, -0.05) is 6.07 Å². The van der Waals surface area contributed by atoms with Crippen molar-refractivity contribution in [1.29, 1.82) is 0 Å². The van der Waals surface area contributed by atoms with Crippen LogP contribution in [0.15, 0.2) is 24.3 Å². The van der Waals surface area contributed by atoms with E-state index in [-0.39, 0.29) is 5.54 Å². The molecule has 19 heavy (non-hydrogen) atoms. The van der Waals surface area contributed by atoms with E-state index in [0.717, 1.165) is 31.9 Å². The van der Waals surface area contributed by atoms with Crippen LogP contribution in [0.3, 0.4) is 0 Å². The number of carboxylic acids is 1. The van der Waals surface area contributed by atoms with E-state index >= 15 is 0 Å². The van der Waals surface area contributed by atoms with Crippen LogP contribution < -0.4 is 4.90 Å². The summed E-state index contributed by atoms with van der Waals surface area (Å²) in [5.41, 5.74) is 1.57. The van der Waals surface area contributed by atoms with Gasteiger partial charge in [-0.2, -0.15) is 0 Å². The van der Waals surface area contributed by atoms with Gasteiger partial charge in [-0.15, -0.1) is 0 Å². The van der Waals surface area contributed by atoms with Gasteiger partial charge in [0.1, 0.15) is 0 Å². The summed E-state index contributed by atoms with van der Waals surface area (Å²) < 4.78 is 0. The molecule has 0 bridgehead atoms. The molecule has 1 heterocycles. The minimum Gasteiger partial charge on any atom is -0.478 e. The second-order valence-electron chi connectivity index (χ2n) is 6.00. The number of nitrogens with zero attached hydrogens (tertiary/aromatic N) is 2. The monoisotopic (exact) mass is 262 g/mol. The summed E-state index contributed by atoms with van der Waals surface area (Å²) in [6.07, 6.45) is 0. The van der Waals surface area contributed by atoms with Gasteiger partial charge in [0.25, 0.3) is 0 Å². The first-order valence-electron chi connectivity index (χ1n) is 6.71. The number of benzene rings is 1. The van der Waals surface area contributed by atoms with Crippen molar-refractivity contribution in [2.24, 2.45) is 0 Å². The van der Waals surface area contributed by atoms with Crippen LogP contribution in [0.5, 0.6) is 0 Å². The van der Waals surface area contributed by atoms with Crippen LogP contribution in [0.25, 0.3) is 0 Å². The Morgan fingerprint density at radius 2 is 1.79 bits per heavy atom. The number of carboxylic acid groups (broad SMARTS) is 1. The van der Waals surface area contributed by atoms with E-state index in [1.54, 1.807) is 12.1 Å². The smallest absolute Gasteiger partial charge is 0.335 e. The zero-order chi connectivity index (χ0) is 14.0. The number of aromatic carboxylic acids is 1. The average Bonchev–Trinajstić information content (AvgIpc) is 2.38. The van der Waals surface area contributed by atoms with Crippen LogP contribution in [0.1, 0.15) is 31.1 Å². The molecule has 0 spiro atoms. The van der Waals surface area contributed by atoms with Crippen molar-refractivity contribution in [3.05, 3.63) is 29.8 Å². The van der Waals surface area contributed by atoms with Gasteiger partial charge in [0.15, 0.2) is 0 Å². The zero-order valence-corrected chi connectivity index (χ0v) is 11.9. The lowest BCUT2D eigenvalue weighted by molar-refractivity contribution is 0.0697. The van der Waals surface area contributed by atoms with Crippen LogP contribution in [0.2, 0.25) is 0 Å². The van der Waals surface area contributed by atoms with Gasteiger partial charge in [0, 0.05) is 37.4 Å². The summed E-state index contributed by atoms with van der Waals surface area (Å²) in [5.74, 6) is -0.866. The molecule has 1 fully saturated rings. The second-order valence-corrected chi connectivity index (χ2v) is 6.00. The summed E-state index contributed by atoms with van der Waals surface area (Å²) in [7, 11) is 0. The summed E-state index contributed by atoms with van der Waals surface area (Å²) in [5, 5.41) is 9.03. The standard InChI is InChI=1S/C15H22N2O2/c1-15(2,3)17-9-7-16(8-10-17)13-6-4-5-12(11-13)14(18)19/h4-6,11H,7-10H2,1-3H3,(H,18,19). The Morgan fingerprint density at radius 3 is 2.32 bits per heavy atom. The Hall–Kier alpha value is -1.55. The summed E-state index contributed by atoms with van der Waals surface area (Å²) in [6, 6.07) is 7.19. The Bertz CT molecular complexity index is 457. The molecule has 1 aromatic carbocycles. The van der Waals surface area contributed by atoms with Crippen LogP contribution >= 0.6 is 0 Å². The minimum absolute atomic E-state index is 0.203. The van der Waals surface area contributed by atoms with Gasteiger partial charge in [-0.3, -0.25) is 4.90 Å². The minimum atomic E-state index is -0.866. The molecule has 0 amide bonds. The normalized spacial score (nSPS) is 17.5. The number of carbonyl (C=O) groups is 1. The predicted molar refractivity (Wildman–Crippen MR) is 76.9 cm³/mol. The molecule has 0 radical (unpaired) electrons. The van der Waals surface area contributed by atoms with Gasteiger partial charge in [-0.05, 0) is 39.0 Å². The molecule has 1 aromatic rings. The fraction of sp³-hybridized carbons (Fsp3) is 0.533. The van der Waals surface area contributed by atoms with E-state index in [9.17, 15) is 4.79 Å². The van der Waals surface area contributed by atoms with Crippen LogP contribution in [-0.2, 0) is 0 Å². The molecule has 1 N–H and O–H groups in total. The van der Waals surface area contributed by atoms with E-state index in [1.807, 2.05) is 12.1 Å². The third-order valence-electron chi connectivity index (χ3n) is 3.69. The van der Waals surface area contributed by atoms with Crippen molar-refractivity contribution in [2.75, 3.05) is 31.1 Å². The van der Waals surface area contributed by atoms with E-state index in [2.05, 4.69) is 30.6 Å². The number of piperazine rings is 1. The van der Waals surface area contributed by atoms with Crippen LogP contribution in [0, 0.1) is 0 Å². The maximum atomic E-state index is 11.0. The van der Waals surface area contributed by atoms with Gasteiger partial charge in [-0.25, -0.2) is 4.79 Å². The molecule has 1 aliphatic rings. The lowest BCUT2D eigenvalue weighted by atomic mass is 10.0. The maximum Gasteiger partial charge on any atom is 0.335 e. The molecular weight excluding hydrogens is 240 g/mol. The summed E-state index contributed by atoms with van der Waals surface area (Å²) in [4.78, 5) is 15.7. The molecule has 1 aliphatic heterocycles. The zero-order valence-electron chi connectivity index (χ0n) is 11.9. The Labute approximate surface area is 114 Å². The Kier molecular flexibility index (Phi) is 3.80. The maximum absolute atomic E-state index is 11.0. The van der Waals surface area contributed by atoms with Crippen molar-refractivity contribution in [2.45, 2.75) is 26.3 Å². The predicted octanol–water partition coefficient (Wildman–Crippen LogP) is 2.31. The van der Waals surface area contributed by atoms with E-state index in [1.165, 1.54) is 0 Å². The van der Waals surface area contributed by atoms with Crippen LogP contribution in [0.4, 0.5) is 5.69 Å². The summed E-state index contributed by atoms with van der Waals surface area (Å²) >= 11 is 0. The van der Waals surface area contributed by atoms with E-state index in [0.29, 0.717) is 5.56 Å². The fourth-order valence-electron chi connectivity index (χ4n) is 2.47. The van der Waals surface area contributed by atoms with E-state index < -0.39 is 5.97 Å². The van der Waals surface area contributed by atoms with Crippen molar-refractivity contribution >= 4 is 11.7 Å². The lowest BCUT2D eigenvalue weighted by Crippen LogP contribution is -2.53. The van der Waals surface area contributed by atoms with Gasteiger partial charge < -0.3 is 10.0 Å². The van der Waals surface area contributed by atoms with E-state index in [4.69, 9.17) is 5.11 Å². The highest BCUT2D eigenvalue weighted by Gasteiger charge is 2.25. The molecule has 0 aromatic heterocycles. The SMILES string of the molecule is CC(C)(C)N1CCN(c2cccc(C(=O)O)c2)CC1. The largest absolute Gasteiger partial charge is 0.478 e. The quantitative estimate of drug-likeness (QED) is 0.888. The molecule has 4 nitrogen and oxygen atoms in total. The summed E-state index contributed by atoms with van der Waals surface area (Å²) in [6.45, 7) is 10.6. The highest BCUT2D eigenvalue weighted by molar-refractivity contribution is 5.88. The Morgan fingerprint density at radius 1 is 1.16 bits per heavy atom. The van der Waals surface area contributed by atoms with Crippen molar-refractivity contribution < 1.29 is 9.90 Å². The van der Waals surface area contributed by atoms with Crippen molar-refractivity contribution in [1.82, 2.24) is 4.90 Å². The lowest BCUT2D eigenvalue weighted by Gasteiger charge is -2.43. The highest BCUT2D eigenvalue weighted by atomic mass is 16.4. The van der Waals surface area contributed by atoms with Gasteiger partial charge >= 0.3 is 5.97 Å². The van der Waals surface area contributed by atoms with Crippen molar-refractivity contribution in [3.63, 3.8) is 0 Å². The molecular formula is C15H22N2O2. The van der Waals surface area contributed by atoms with Gasteiger partial charge in [0.2, 0.25) is 0 Å². The first-order chi connectivity index (χ1) is 8.88. The topological polar surface area (TPSA) is 43.8 Å². The van der Waals surface area contributed by atoms with Crippen molar-refractivity contribution in [3.8, 4) is 0 Å². The number of hydrogen-bond acceptors (Lipinski definition) is 3. The third kappa shape index (κ3) is 3.26. The molecule has 0 aliphatic carbocycles. The molecule has 1 saturated heterocycles.